The van der Waals surface area contributed by atoms with E-state index in [2.05, 4.69) is 21.0 Å². The van der Waals surface area contributed by atoms with Gasteiger partial charge in [0.1, 0.15) is 0 Å². The van der Waals surface area contributed by atoms with Crippen LogP contribution in [0.15, 0.2) is 0 Å². The Morgan fingerprint density at radius 2 is 1.86 bits per heavy atom. The minimum atomic E-state index is 0.775. The van der Waals surface area contributed by atoms with Crippen LogP contribution >= 0.6 is 0 Å². The molecule has 0 aliphatic rings. The Balaban J connectivity index is 3.35. The van der Waals surface area contributed by atoms with E-state index in [1.165, 1.54) is 19.3 Å². The summed E-state index contributed by atoms with van der Waals surface area (Å²) in [4.78, 5) is 0. The van der Waals surface area contributed by atoms with Crippen LogP contribution in [0.1, 0.15) is 32.6 Å². The van der Waals surface area contributed by atoms with Gasteiger partial charge in [-0.15, -0.1) is 0 Å². The van der Waals surface area contributed by atoms with E-state index in [1.54, 1.807) is 0 Å². The number of hydrogen-bond donors (Lipinski definition) is 1. The Bertz CT molecular complexity index is 126. The van der Waals surface area contributed by atoms with Gasteiger partial charge in [-0.25, -0.2) is 0 Å². The first-order chi connectivity index (χ1) is 6.62. The van der Waals surface area contributed by atoms with E-state index in [9.17, 15) is 0 Å². The lowest BCUT2D eigenvalue weighted by Crippen LogP contribution is -2.43. The molecule has 0 radical (unpaired) electrons. The number of rotatable bonds is 9. The summed E-state index contributed by atoms with van der Waals surface area (Å²) in [6, 6.07) is 0. The van der Waals surface area contributed by atoms with E-state index in [0.717, 1.165) is 37.3 Å². The SMILES string of the molecule is CCCCCOC[N+](C)(C)CCCN. The molecule has 14 heavy (non-hydrogen) atoms. The Morgan fingerprint density at radius 1 is 1.14 bits per heavy atom. The van der Waals surface area contributed by atoms with Crippen molar-refractivity contribution in [3.63, 3.8) is 0 Å². The highest BCUT2D eigenvalue weighted by Gasteiger charge is 2.13. The number of nitrogens with zero attached hydrogens (tertiary/aromatic N) is 1. The maximum Gasteiger partial charge on any atom is 0.182 e. The van der Waals surface area contributed by atoms with Crippen LogP contribution in [-0.4, -0.2) is 45.0 Å². The molecule has 0 saturated heterocycles. The molecule has 0 aliphatic heterocycles. The molecule has 0 fully saturated rings. The summed E-state index contributed by atoms with van der Waals surface area (Å²) in [7, 11) is 4.38. The van der Waals surface area contributed by atoms with Crippen molar-refractivity contribution in [3.05, 3.63) is 0 Å². The second kappa shape index (κ2) is 8.21. The maximum absolute atomic E-state index is 5.63. The van der Waals surface area contributed by atoms with Crippen molar-refractivity contribution in [2.75, 3.05) is 40.5 Å². The second-order valence-electron chi connectivity index (χ2n) is 4.55. The summed E-state index contributed by atoms with van der Waals surface area (Å²) in [5.74, 6) is 0. The van der Waals surface area contributed by atoms with Crippen molar-refractivity contribution in [1.82, 2.24) is 0 Å². The Hall–Kier alpha value is -0.120. The lowest BCUT2D eigenvalue weighted by atomic mass is 10.3. The zero-order valence-corrected chi connectivity index (χ0v) is 10.1. The van der Waals surface area contributed by atoms with Gasteiger partial charge in [0.2, 0.25) is 0 Å². The first-order valence-corrected chi connectivity index (χ1v) is 5.72. The molecule has 0 bridgehead atoms. The van der Waals surface area contributed by atoms with Gasteiger partial charge in [0, 0.05) is 6.42 Å². The summed E-state index contributed by atoms with van der Waals surface area (Å²) in [6.07, 6.45) is 4.80. The molecule has 2 N–H and O–H groups in total. The van der Waals surface area contributed by atoms with Gasteiger partial charge in [0.25, 0.3) is 0 Å². The monoisotopic (exact) mass is 203 g/mol. The molecule has 3 nitrogen and oxygen atoms in total. The molecule has 0 aromatic heterocycles. The third-order valence-electron chi connectivity index (χ3n) is 2.30. The van der Waals surface area contributed by atoms with Crippen molar-refractivity contribution < 1.29 is 9.22 Å². The van der Waals surface area contributed by atoms with E-state index in [-0.39, 0.29) is 0 Å². The Morgan fingerprint density at radius 3 is 2.43 bits per heavy atom. The van der Waals surface area contributed by atoms with Gasteiger partial charge >= 0.3 is 0 Å². The molecule has 0 rings (SSSR count). The molecule has 0 amide bonds. The van der Waals surface area contributed by atoms with Crippen molar-refractivity contribution in [2.45, 2.75) is 32.6 Å². The highest BCUT2D eigenvalue weighted by molar-refractivity contribution is 4.37. The normalized spacial score (nSPS) is 12.0. The van der Waals surface area contributed by atoms with E-state index < -0.39 is 0 Å². The van der Waals surface area contributed by atoms with E-state index in [1.807, 2.05) is 0 Å². The van der Waals surface area contributed by atoms with E-state index >= 15 is 0 Å². The lowest BCUT2D eigenvalue weighted by molar-refractivity contribution is -0.909. The number of nitrogens with two attached hydrogens (primary N) is 1. The molecule has 0 aromatic carbocycles. The summed E-state index contributed by atoms with van der Waals surface area (Å²) in [6.45, 7) is 5.80. The maximum atomic E-state index is 5.63. The molecule has 0 atom stereocenters. The average molecular weight is 203 g/mol. The highest BCUT2D eigenvalue weighted by atomic mass is 16.5. The largest absolute Gasteiger partial charge is 0.332 e. The summed E-state index contributed by atoms with van der Waals surface area (Å²) < 4.78 is 6.55. The first-order valence-electron chi connectivity index (χ1n) is 5.72. The van der Waals surface area contributed by atoms with Crippen LogP contribution in [0.2, 0.25) is 0 Å². The predicted molar refractivity (Wildman–Crippen MR) is 61.0 cm³/mol. The van der Waals surface area contributed by atoms with Crippen LogP contribution in [0.4, 0.5) is 0 Å². The minimum absolute atomic E-state index is 0.775. The molecule has 0 unspecified atom stereocenters. The third-order valence-corrected chi connectivity index (χ3v) is 2.30. The fourth-order valence-electron chi connectivity index (χ4n) is 1.35. The van der Waals surface area contributed by atoms with Crippen LogP contribution < -0.4 is 5.73 Å². The summed E-state index contributed by atoms with van der Waals surface area (Å²) in [5, 5.41) is 0. The predicted octanol–water partition coefficient (Wildman–Crippen LogP) is 1.58. The molecule has 0 aromatic rings. The van der Waals surface area contributed by atoms with Crippen molar-refractivity contribution in [3.8, 4) is 0 Å². The van der Waals surface area contributed by atoms with Crippen LogP contribution in [-0.2, 0) is 4.74 Å². The number of unbranched alkanes of at least 4 members (excludes halogenated alkanes) is 2. The molecule has 86 valence electrons. The number of quaternary nitrogens is 1. The van der Waals surface area contributed by atoms with Crippen LogP contribution in [0.3, 0.4) is 0 Å². The van der Waals surface area contributed by atoms with Gasteiger partial charge in [0.05, 0.1) is 27.2 Å². The zero-order valence-electron chi connectivity index (χ0n) is 10.1. The van der Waals surface area contributed by atoms with E-state index in [0.29, 0.717) is 0 Å². The highest BCUT2D eigenvalue weighted by Crippen LogP contribution is 2.01. The summed E-state index contributed by atoms with van der Waals surface area (Å²) >= 11 is 0. The van der Waals surface area contributed by atoms with Crippen LogP contribution in [0.5, 0.6) is 0 Å². The van der Waals surface area contributed by atoms with E-state index in [4.69, 9.17) is 10.5 Å². The van der Waals surface area contributed by atoms with Gasteiger partial charge in [-0.1, -0.05) is 19.8 Å². The quantitative estimate of drug-likeness (QED) is 0.351. The number of ether oxygens (including phenoxy) is 1. The first kappa shape index (κ1) is 13.9. The van der Waals surface area contributed by atoms with Gasteiger partial charge in [0.15, 0.2) is 6.73 Å². The van der Waals surface area contributed by atoms with Crippen LogP contribution in [0, 0.1) is 0 Å². The standard InChI is InChI=1S/C11H27N2O/c1-4-5-6-10-14-11-13(2,3)9-7-8-12/h4-12H2,1-3H3/q+1. The van der Waals surface area contributed by atoms with Gasteiger partial charge in [-0.05, 0) is 13.0 Å². The van der Waals surface area contributed by atoms with Gasteiger partial charge < -0.3 is 15.0 Å². The molecule has 3 heteroatoms. The summed E-state index contributed by atoms with van der Waals surface area (Å²) in [5.41, 5.74) is 5.48. The topological polar surface area (TPSA) is 35.2 Å². The fourth-order valence-corrected chi connectivity index (χ4v) is 1.35. The van der Waals surface area contributed by atoms with Crippen molar-refractivity contribution in [1.29, 1.82) is 0 Å². The Labute approximate surface area is 88.8 Å². The smallest absolute Gasteiger partial charge is 0.182 e. The van der Waals surface area contributed by atoms with Gasteiger partial charge in [-0.2, -0.15) is 0 Å². The molecule has 0 heterocycles. The third kappa shape index (κ3) is 8.48. The minimum Gasteiger partial charge on any atom is -0.332 e. The van der Waals surface area contributed by atoms with Crippen molar-refractivity contribution in [2.24, 2.45) is 5.73 Å². The lowest BCUT2D eigenvalue weighted by Gasteiger charge is -2.29. The van der Waals surface area contributed by atoms with Gasteiger partial charge in [-0.3, -0.25) is 0 Å². The molecule has 0 saturated carbocycles. The molecular formula is C11H27N2O+. The van der Waals surface area contributed by atoms with Crippen molar-refractivity contribution >= 4 is 0 Å². The zero-order chi connectivity index (χ0) is 10.9. The van der Waals surface area contributed by atoms with Crippen LogP contribution in [0.25, 0.3) is 0 Å². The molecular weight excluding hydrogens is 176 g/mol. The average Bonchev–Trinajstić information content (AvgIpc) is 2.15. The molecule has 0 spiro atoms. The Kier molecular flexibility index (Phi) is 8.14. The fraction of sp³-hybridized carbons (Fsp3) is 1.00. The second-order valence-corrected chi connectivity index (χ2v) is 4.55. The number of hydrogen-bond acceptors (Lipinski definition) is 2. The molecule has 0 aliphatic carbocycles.